The molecule has 3 aromatic carbocycles. The van der Waals surface area contributed by atoms with E-state index in [2.05, 4.69) is 28.8 Å². The third kappa shape index (κ3) is 3.72. The summed E-state index contributed by atoms with van der Waals surface area (Å²) in [7, 11) is 3.13. The van der Waals surface area contributed by atoms with Crippen molar-refractivity contribution in [3.05, 3.63) is 66.2 Å². The minimum Gasteiger partial charge on any atom is -0.493 e. The van der Waals surface area contributed by atoms with Gasteiger partial charge in [-0.15, -0.1) is 0 Å². The van der Waals surface area contributed by atoms with Gasteiger partial charge in [0.2, 0.25) is 0 Å². The lowest BCUT2D eigenvalue weighted by atomic mass is 10.00. The Morgan fingerprint density at radius 2 is 1.65 bits per heavy atom. The second-order valence-corrected chi connectivity index (χ2v) is 5.96. The molecule has 3 aromatic rings. The minimum absolute atomic E-state index is 0.138. The molecule has 0 saturated carbocycles. The molecule has 0 saturated heterocycles. The van der Waals surface area contributed by atoms with Crippen LogP contribution in [0.5, 0.6) is 11.5 Å². The monoisotopic (exact) mass is 350 g/mol. The summed E-state index contributed by atoms with van der Waals surface area (Å²) in [6, 6.07) is 19.1. The predicted octanol–water partition coefficient (Wildman–Crippen LogP) is 4.74. The van der Waals surface area contributed by atoms with E-state index in [9.17, 15) is 4.79 Å². The number of carbonyl (C=O) groups excluding carboxylic acids is 1. The molecule has 0 aliphatic carbocycles. The van der Waals surface area contributed by atoms with E-state index in [0.717, 1.165) is 16.3 Å². The van der Waals surface area contributed by atoms with Crippen LogP contribution in [-0.2, 0) is 0 Å². The highest BCUT2D eigenvalue weighted by atomic mass is 16.5. The molecule has 2 amide bonds. The second kappa shape index (κ2) is 7.78. The SMILES string of the molecule is COc1ccc(NC(=O)N[C@H](C)c2cccc3ccccc23)cc1OC. The summed E-state index contributed by atoms with van der Waals surface area (Å²) in [6.45, 7) is 1.97. The number of amides is 2. The lowest BCUT2D eigenvalue weighted by Gasteiger charge is -2.17. The van der Waals surface area contributed by atoms with Gasteiger partial charge in [-0.25, -0.2) is 4.79 Å². The van der Waals surface area contributed by atoms with E-state index in [0.29, 0.717) is 17.2 Å². The number of hydrogen-bond acceptors (Lipinski definition) is 3. The van der Waals surface area contributed by atoms with Crippen molar-refractivity contribution in [3.63, 3.8) is 0 Å². The quantitative estimate of drug-likeness (QED) is 0.699. The Morgan fingerprint density at radius 1 is 0.923 bits per heavy atom. The minimum atomic E-state index is -0.280. The molecular weight excluding hydrogens is 328 g/mol. The Bertz CT molecular complexity index is 919. The Morgan fingerprint density at radius 3 is 2.42 bits per heavy atom. The van der Waals surface area contributed by atoms with Crippen molar-refractivity contribution in [3.8, 4) is 11.5 Å². The molecule has 3 rings (SSSR count). The van der Waals surface area contributed by atoms with Gasteiger partial charge in [-0.2, -0.15) is 0 Å². The summed E-state index contributed by atoms with van der Waals surface area (Å²) < 4.78 is 10.5. The molecule has 134 valence electrons. The van der Waals surface area contributed by atoms with E-state index in [4.69, 9.17) is 9.47 Å². The Balaban J connectivity index is 1.73. The van der Waals surface area contributed by atoms with Crippen LogP contribution in [0.25, 0.3) is 10.8 Å². The molecule has 5 nitrogen and oxygen atoms in total. The second-order valence-electron chi connectivity index (χ2n) is 5.96. The molecule has 26 heavy (non-hydrogen) atoms. The smallest absolute Gasteiger partial charge is 0.319 e. The summed E-state index contributed by atoms with van der Waals surface area (Å²) in [5.41, 5.74) is 1.70. The van der Waals surface area contributed by atoms with Crippen molar-refractivity contribution in [2.45, 2.75) is 13.0 Å². The van der Waals surface area contributed by atoms with Gasteiger partial charge in [-0.3, -0.25) is 0 Å². The third-order valence-electron chi connectivity index (χ3n) is 4.28. The molecule has 0 aliphatic rings. The number of methoxy groups -OCH3 is 2. The van der Waals surface area contributed by atoms with E-state index in [-0.39, 0.29) is 12.1 Å². The molecule has 0 heterocycles. The fourth-order valence-corrected chi connectivity index (χ4v) is 2.98. The van der Waals surface area contributed by atoms with E-state index in [1.165, 1.54) is 0 Å². The molecule has 1 atom stereocenters. The zero-order valence-electron chi connectivity index (χ0n) is 15.1. The molecule has 5 heteroatoms. The van der Waals surface area contributed by atoms with Crippen LogP contribution in [0, 0.1) is 0 Å². The first kappa shape index (κ1) is 17.6. The van der Waals surface area contributed by atoms with Crippen molar-refractivity contribution in [1.29, 1.82) is 0 Å². The Hall–Kier alpha value is -3.21. The first-order valence-corrected chi connectivity index (χ1v) is 8.39. The first-order chi connectivity index (χ1) is 12.6. The summed E-state index contributed by atoms with van der Waals surface area (Å²) >= 11 is 0. The maximum Gasteiger partial charge on any atom is 0.319 e. The van der Waals surface area contributed by atoms with Crippen LogP contribution in [-0.4, -0.2) is 20.3 Å². The number of fused-ring (bicyclic) bond motifs is 1. The van der Waals surface area contributed by atoms with Crippen LogP contribution in [0.3, 0.4) is 0 Å². The number of carbonyl (C=O) groups is 1. The maximum atomic E-state index is 12.4. The van der Waals surface area contributed by atoms with Gasteiger partial charge in [0.25, 0.3) is 0 Å². The fraction of sp³-hybridized carbons (Fsp3) is 0.190. The van der Waals surface area contributed by atoms with Crippen LogP contribution in [0.4, 0.5) is 10.5 Å². The zero-order valence-corrected chi connectivity index (χ0v) is 15.1. The standard InChI is InChI=1S/C21H22N2O3/c1-14(17-10-6-8-15-7-4-5-9-18(15)17)22-21(24)23-16-11-12-19(25-2)20(13-16)26-3/h4-14H,1-3H3,(H2,22,23,24)/t14-/m1/s1. The number of rotatable bonds is 5. The van der Waals surface area contributed by atoms with Crippen molar-refractivity contribution < 1.29 is 14.3 Å². The molecule has 0 aromatic heterocycles. The largest absolute Gasteiger partial charge is 0.493 e. The molecule has 0 bridgehead atoms. The van der Waals surface area contributed by atoms with Crippen molar-refractivity contribution in [2.24, 2.45) is 0 Å². The van der Waals surface area contributed by atoms with Gasteiger partial charge in [0.05, 0.1) is 20.3 Å². The van der Waals surface area contributed by atoms with E-state index in [1.54, 1.807) is 32.4 Å². The number of anilines is 1. The molecule has 0 aliphatic heterocycles. The highest BCUT2D eigenvalue weighted by molar-refractivity contribution is 5.91. The van der Waals surface area contributed by atoms with Gasteiger partial charge >= 0.3 is 6.03 Å². The van der Waals surface area contributed by atoms with E-state index >= 15 is 0 Å². The normalized spacial score (nSPS) is 11.7. The molecule has 0 radical (unpaired) electrons. The van der Waals surface area contributed by atoms with Crippen molar-refractivity contribution in [1.82, 2.24) is 5.32 Å². The summed E-state index contributed by atoms with van der Waals surface area (Å²) in [5, 5.41) is 8.10. The summed E-state index contributed by atoms with van der Waals surface area (Å²) in [6.07, 6.45) is 0. The highest BCUT2D eigenvalue weighted by Gasteiger charge is 2.13. The summed E-state index contributed by atoms with van der Waals surface area (Å²) in [4.78, 5) is 12.4. The number of hydrogen-bond donors (Lipinski definition) is 2. The Kier molecular flexibility index (Phi) is 5.27. The lowest BCUT2D eigenvalue weighted by molar-refractivity contribution is 0.249. The predicted molar refractivity (Wildman–Crippen MR) is 104 cm³/mol. The Labute approximate surface area is 152 Å². The van der Waals surface area contributed by atoms with E-state index < -0.39 is 0 Å². The first-order valence-electron chi connectivity index (χ1n) is 8.39. The lowest BCUT2D eigenvalue weighted by Crippen LogP contribution is -2.31. The van der Waals surface area contributed by atoms with Gasteiger partial charge in [-0.05, 0) is 35.4 Å². The number of nitrogens with one attached hydrogen (secondary N) is 2. The third-order valence-corrected chi connectivity index (χ3v) is 4.28. The maximum absolute atomic E-state index is 12.4. The number of urea groups is 1. The molecular formula is C21H22N2O3. The van der Waals surface area contributed by atoms with E-state index in [1.807, 2.05) is 31.2 Å². The van der Waals surface area contributed by atoms with Crippen LogP contribution in [0.15, 0.2) is 60.7 Å². The molecule has 0 spiro atoms. The van der Waals surface area contributed by atoms with Crippen molar-refractivity contribution >= 4 is 22.5 Å². The average molecular weight is 350 g/mol. The van der Waals surface area contributed by atoms with Crippen LogP contribution in [0.2, 0.25) is 0 Å². The zero-order chi connectivity index (χ0) is 18.5. The highest BCUT2D eigenvalue weighted by Crippen LogP contribution is 2.30. The van der Waals surface area contributed by atoms with Crippen molar-refractivity contribution in [2.75, 3.05) is 19.5 Å². The topological polar surface area (TPSA) is 59.6 Å². The molecule has 0 unspecified atom stereocenters. The van der Waals surface area contributed by atoms with Gasteiger partial charge in [-0.1, -0.05) is 42.5 Å². The van der Waals surface area contributed by atoms with Crippen LogP contribution < -0.4 is 20.1 Å². The number of benzene rings is 3. The fourth-order valence-electron chi connectivity index (χ4n) is 2.98. The summed E-state index contributed by atoms with van der Waals surface area (Å²) in [5.74, 6) is 1.18. The van der Waals surface area contributed by atoms with Gasteiger partial charge in [0.15, 0.2) is 11.5 Å². The van der Waals surface area contributed by atoms with Crippen LogP contribution in [0.1, 0.15) is 18.5 Å². The molecule has 0 fully saturated rings. The number of ether oxygens (including phenoxy) is 2. The molecule has 2 N–H and O–H groups in total. The average Bonchev–Trinajstić information content (AvgIpc) is 2.67. The van der Waals surface area contributed by atoms with Gasteiger partial charge in [0, 0.05) is 11.8 Å². The van der Waals surface area contributed by atoms with Gasteiger partial charge in [0.1, 0.15) is 0 Å². The van der Waals surface area contributed by atoms with Crippen LogP contribution >= 0.6 is 0 Å². The van der Waals surface area contributed by atoms with Gasteiger partial charge < -0.3 is 20.1 Å².